The number of rotatable bonds is 4. The summed E-state index contributed by atoms with van der Waals surface area (Å²) in [5.41, 5.74) is 1.46. The summed E-state index contributed by atoms with van der Waals surface area (Å²) in [6.07, 6.45) is 1.39. The Bertz CT molecular complexity index is 1010. The molecule has 0 spiro atoms. The van der Waals surface area contributed by atoms with Crippen molar-refractivity contribution in [3.8, 4) is 6.07 Å². The standard InChI is InChI=1S/C19H12F2N4O/c20-13-4-5-17(16(21)9-13)24-15-6-7-23-18(10-15)19(26)25-14-3-1-2-12(8-14)11-22/h1-10H,(H,23,24)(H,25,26). The third-order valence-electron chi connectivity index (χ3n) is 3.45. The molecule has 2 aromatic carbocycles. The Morgan fingerprint density at radius 1 is 1.04 bits per heavy atom. The fourth-order valence-corrected chi connectivity index (χ4v) is 2.24. The molecule has 0 unspecified atom stereocenters. The van der Waals surface area contributed by atoms with Gasteiger partial charge in [-0.2, -0.15) is 5.26 Å². The number of halogens is 2. The molecule has 0 aliphatic rings. The Morgan fingerprint density at radius 2 is 1.88 bits per heavy atom. The van der Waals surface area contributed by atoms with Crippen LogP contribution in [0.1, 0.15) is 16.1 Å². The van der Waals surface area contributed by atoms with Gasteiger partial charge in [0.25, 0.3) is 5.91 Å². The average Bonchev–Trinajstić information content (AvgIpc) is 2.64. The van der Waals surface area contributed by atoms with Crippen molar-refractivity contribution >= 4 is 23.0 Å². The van der Waals surface area contributed by atoms with Crippen molar-refractivity contribution in [3.05, 3.63) is 83.7 Å². The first-order valence-corrected chi connectivity index (χ1v) is 7.55. The number of anilines is 3. The van der Waals surface area contributed by atoms with Gasteiger partial charge in [-0.3, -0.25) is 9.78 Å². The topological polar surface area (TPSA) is 77.8 Å². The lowest BCUT2D eigenvalue weighted by Crippen LogP contribution is -2.14. The zero-order valence-electron chi connectivity index (χ0n) is 13.3. The quantitative estimate of drug-likeness (QED) is 0.738. The van der Waals surface area contributed by atoms with Crippen LogP contribution in [0.3, 0.4) is 0 Å². The number of nitriles is 1. The Balaban J connectivity index is 1.78. The normalized spacial score (nSPS) is 10.0. The molecule has 1 aromatic heterocycles. The van der Waals surface area contributed by atoms with Crippen LogP contribution in [0.5, 0.6) is 0 Å². The number of amides is 1. The van der Waals surface area contributed by atoms with E-state index < -0.39 is 17.5 Å². The third-order valence-corrected chi connectivity index (χ3v) is 3.45. The molecule has 0 saturated heterocycles. The smallest absolute Gasteiger partial charge is 0.274 e. The second-order valence-electron chi connectivity index (χ2n) is 5.33. The summed E-state index contributed by atoms with van der Waals surface area (Å²) in [7, 11) is 0. The minimum Gasteiger partial charge on any atom is -0.353 e. The number of carbonyl (C=O) groups excluding carboxylic acids is 1. The highest BCUT2D eigenvalue weighted by molar-refractivity contribution is 6.03. The van der Waals surface area contributed by atoms with Gasteiger partial charge in [0.15, 0.2) is 0 Å². The lowest BCUT2D eigenvalue weighted by Gasteiger charge is -2.09. The molecule has 0 aliphatic carbocycles. The number of hydrogen-bond acceptors (Lipinski definition) is 4. The summed E-state index contributed by atoms with van der Waals surface area (Å²) in [6.45, 7) is 0. The highest BCUT2D eigenvalue weighted by Gasteiger charge is 2.10. The van der Waals surface area contributed by atoms with Crippen LogP contribution >= 0.6 is 0 Å². The molecule has 3 rings (SSSR count). The van der Waals surface area contributed by atoms with Gasteiger partial charge in [0, 0.05) is 23.6 Å². The lowest BCUT2D eigenvalue weighted by atomic mass is 10.2. The van der Waals surface area contributed by atoms with E-state index in [1.807, 2.05) is 6.07 Å². The summed E-state index contributed by atoms with van der Waals surface area (Å²) in [4.78, 5) is 16.3. The van der Waals surface area contributed by atoms with E-state index in [1.54, 1.807) is 24.3 Å². The molecule has 1 heterocycles. The van der Waals surface area contributed by atoms with Crippen LogP contribution < -0.4 is 10.6 Å². The van der Waals surface area contributed by atoms with Gasteiger partial charge in [-0.05, 0) is 42.5 Å². The molecule has 0 radical (unpaired) electrons. The first-order valence-electron chi connectivity index (χ1n) is 7.55. The van der Waals surface area contributed by atoms with Gasteiger partial charge in [-0.25, -0.2) is 8.78 Å². The zero-order valence-corrected chi connectivity index (χ0v) is 13.3. The van der Waals surface area contributed by atoms with Crippen LogP contribution in [0.25, 0.3) is 0 Å². The van der Waals surface area contributed by atoms with E-state index in [2.05, 4.69) is 15.6 Å². The predicted octanol–water partition coefficient (Wildman–Crippen LogP) is 4.23. The van der Waals surface area contributed by atoms with Crippen molar-refractivity contribution in [2.45, 2.75) is 0 Å². The van der Waals surface area contributed by atoms with Gasteiger partial charge in [-0.1, -0.05) is 6.07 Å². The number of pyridine rings is 1. The van der Waals surface area contributed by atoms with Crippen LogP contribution in [-0.4, -0.2) is 10.9 Å². The largest absolute Gasteiger partial charge is 0.353 e. The molecule has 0 bridgehead atoms. The van der Waals surface area contributed by atoms with Gasteiger partial charge in [0.2, 0.25) is 0 Å². The van der Waals surface area contributed by atoms with E-state index in [4.69, 9.17) is 5.26 Å². The molecule has 0 saturated carbocycles. The van der Waals surface area contributed by atoms with Gasteiger partial charge in [-0.15, -0.1) is 0 Å². The summed E-state index contributed by atoms with van der Waals surface area (Å²) in [5, 5.41) is 14.3. The van der Waals surface area contributed by atoms with Crippen LogP contribution in [0.15, 0.2) is 60.8 Å². The fraction of sp³-hybridized carbons (Fsp3) is 0. The summed E-state index contributed by atoms with van der Waals surface area (Å²) in [6, 6.07) is 14.6. The maximum absolute atomic E-state index is 13.7. The minimum absolute atomic E-state index is 0.0747. The van der Waals surface area contributed by atoms with E-state index in [0.29, 0.717) is 16.9 Å². The molecule has 128 valence electrons. The number of hydrogen-bond donors (Lipinski definition) is 2. The zero-order chi connectivity index (χ0) is 18.5. The number of nitrogens with one attached hydrogen (secondary N) is 2. The van der Waals surface area contributed by atoms with E-state index >= 15 is 0 Å². The van der Waals surface area contributed by atoms with Crippen LogP contribution in [0.4, 0.5) is 25.8 Å². The summed E-state index contributed by atoms with van der Waals surface area (Å²) in [5.74, 6) is -1.91. The van der Waals surface area contributed by atoms with Crippen LogP contribution in [-0.2, 0) is 0 Å². The molecule has 2 N–H and O–H groups in total. The maximum Gasteiger partial charge on any atom is 0.274 e. The van der Waals surface area contributed by atoms with Gasteiger partial charge < -0.3 is 10.6 Å². The Labute approximate surface area is 147 Å². The van der Waals surface area contributed by atoms with Gasteiger partial charge in [0.1, 0.15) is 17.3 Å². The second kappa shape index (κ2) is 7.40. The maximum atomic E-state index is 13.7. The lowest BCUT2D eigenvalue weighted by molar-refractivity contribution is 0.102. The van der Waals surface area contributed by atoms with Crippen molar-refractivity contribution in [2.24, 2.45) is 0 Å². The van der Waals surface area contributed by atoms with Crippen molar-refractivity contribution in [1.29, 1.82) is 5.26 Å². The molecule has 0 atom stereocenters. The number of benzene rings is 2. The first kappa shape index (κ1) is 17.0. The van der Waals surface area contributed by atoms with Gasteiger partial charge in [0.05, 0.1) is 17.3 Å². The van der Waals surface area contributed by atoms with Gasteiger partial charge >= 0.3 is 0 Å². The first-order chi connectivity index (χ1) is 12.5. The summed E-state index contributed by atoms with van der Waals surface area (Å²) >= 11 is 0. The molecule has 26 heavy (non-hydrogen) atoms. The highest BCUT2D eigenvalue weighted by atomic mass is 19.1. The van der Waals surface area contributed by atoms with Crippen LogP contribution in [0.2, 0.25) is 0 Å². The monoisotopic (exact) mass is 350 g/mol. The van der Waals surface area contributed by atoms with Crippen molar-refractivity contribution in [3.63, 3.8) is 0 Å². The third kappa shape index (κ3) is 3.99. The Hall–Kier alpha value is -3.79. The highest BCUT2D eigenvalue weighted by Crippen LogP contribution is 2.21. The summed E-state index contributed by atoms with van der Waals surface area (Å²) < 4.78 is 26.7. The molecule has 1 amide bonds. The number of nitrogens with zero attached hydrogens (tertiary/aromatic N) is 2. The van der Waals surface area contributed by atoms with Crippen molar-refractivity contribution in [1.82, 2.24) is 4.98 Å². The molecular formula is C19H12F2N4O. The molecule has 0 aliphatic heterocycles. The predicted molar refractivity (Wildman–Crippen MR) is 93.0 cm³/mol. The minimum atomic E-state index is -0.749. The Kier molecular flexibility index (Phi) is 4.85. The number of carbonyl (C=O) groups is 1. The second-order valence-corrected chi connectivity index (χ2v) is 5.33. The Morgan fingerprint density at radius 3 is 2.65 bits per heavy atom. The van der Waals surface area contributed by atoms with E-state index in [9.17, 15) is 13.6 Å². The molecule has 0 fully saturated rings. The van der Waals surface area contributed by atoms with E-state index in [0.717, 1.165) is 12.1 Å². The van der Waals surface area contributed by atoms with Crippen molar-refractivity contribution in [2.75, 3.05) is 10.6 Å². The van der Waals surface area contributed by atoms with E-state index in [1.165, 1.54) is 24.4 Å². The molecule has 7 heteroatoms. The van der Waals surface area contributed by atoms with Crippen LogP contribution in [0, 0.1) is 23.0 Å². The number of aromatic nitrogens is 1. The molecular weight excluding hydrogens is 338 g/mol. The van der Waals surface area contributed by atoms with Crippen molar-refractivity contribution < 1.29 is 13.6 Å². The molecule has 3 aromatic rings. The average molecular weight is 350 g/mol. The molecule has 5 nitrogen and oxygen atoms in total. The fourth-order valence-electron chi connectivity index (χ4n) is 2.24. The van der Waals surface area contributed by atoms with E-state index in [-0.39, 0.29) is 11.4 Å². The SMILES string of the molecule is N#Cc1cccc(NC(=O)c2cc(Nc3ccc(F)cc3F)ccn2)c1.